The molecular weight excluding hydrogens is 640 g/mol. The third kappa shape index (κ3) is 7.97. The number of nitrogens with zero attached hydrogens (tertiary/aromatic N) is 1. The number of esters is 1. The number of hydrogen-bond donors (Lipinski definition) is 3. The Kier molecular flexibility index (Phi) is 11.1. The van der Waals surface area contributed by atoms with Crippen LogP contribution in [0.2, 0.25) is 0 Å². The molecule has 4 unspecified atom stereocenters. The molecule has 0 aromatic heterocycles. The Hall–Kier alpha value is -4.81. The molecule has 0 bridgehead atoms. The lowest BCUT2D eigenvalue weighted by Gasteiger charge is -2.33. The molecule has 11 heteroatoms. The molecule has 262 valence electrons. The third-order valence-electron chi connectivity index (χ3n) is 9.24. The lowest BCUT2D eigenvalue weighted by molar-refractivity contribution is -0.172. The summed E-state index contributed by atoms with van der Waals surface area (Å²) < 4.78 is 24.5. The predicted octanol–water partition coefficient (Wildman–Crippen LogP) is 2.98. The van der Waals surface area contributed by atoms with Gasteiger partial charge in [-0.1, -0.05) is 66.7 Å². The molecule has 1 heterocycles. The molecule has 50 heavy (non-hydrogen) atoms. The Bertz CT molecular complexity index is 1700. The number of benzene rings is 3. The first-order valence-corrected chi connectivity index (χ1v) is 16.8. The quantitative estimate of drug-likeness (QED) is 0.141. The molecule has 11 nitrogen and oxygen atoms in total. The maximum Gasteiger partial charge on any atom is 0.338 e. The fourth-order valence-corrected chi connectivity index (χ4v) is 6.74. The summed E-state index contributed by atoms with van der Waals surface area (Å²) in [4.78, 5) is 42.5. The van der Waals surface area contributed by atoms with E-state index in [0.717, 1.165) is 22.3 Å². The second kappa shape index (κ2) is 15.8. The van der Waals surface area contributed by atoms with Crippen LogP contribution < -0.4 is 5.32 Å². The fourth-order valence-electron chi connectivity index (χ4n) is 6.74. The van der Waals surface area contributed by atoms with E-state index in [4.69, 9.17) is 24.1 Å². The summed E-state index contributed by atoms with van der Waals surface area (Å²) in [6.45, 7) is -0.0813. The number of rotatable bonds is 13. The van der Waals surface area contributed by atoms with Crippen molar-refractivity contribution in [1.29, 1.82) is 0 Å². The molecule has 1 fully saturated rings. The van der Waals surface area contributed by atoms with Crippen LogP contribution in [0.4, 0.5) is 0 Å². The highest BCUT2D eigenvalue weighted by atomic mass is 16.8. The van der Waals surface area contributed by atoms with Gasteiger partial charge in [0.1, 0.15) is 31.0 Å². The van der Waals surface area contributed by atoms with Crippen LogP contribution in [0.25, 0.3) is 6.08 Å². The summed E-state index contributed by atoms with van der Waals surface area (Å²) in [5.74, 6) is -2.33. The van der Waals surface area contributed by atoms with Gasteiger partial charge in [0, 0.05) is 44.8 Å². The highest BCUT2D eigenvalue weighted by molar-refractivity contribution is 5.97. The molecular formula is C39H42N2O9. The summed E-state index contributed by atoms with van der Waals surface area (Å²) in [6, 6.07) is 23.4. The Morgan fingerprint density at radius 1 is 0.960 bits per heavy atom. The average Bonchev–Trinajstić information content (AvgIpc) is 3.69. The SMILES string of the molecule is CN(C(=O)C1=CC2OC3(Cc4ccccc4C3)OC2C(OC(=O)c2ccc(C=COCCO)cc2)C1)C(Cc1ccccc1)C(=O)NCCO. The first-order valence-electron chi connectivity index (χ1n) is 16.8. The Labute approximate surface area is 291 Å². The maximum absolute atomic E-state index is 14.2. The molecule has 2 aliphatic carbocycles. The van der Waals surface area contributed by atoms with Crippen molar-refractivity contribution in [3.8, 4) is 0 Å². The van der Waals surface area contributed by atoms with Crippen molar-refractivity contribution in [2.24, 2.45) is 0 Å². The summed E-state index contributed by atoms with van der Waals surface area (Å²) in [5, 5.41) is 20.9. The first-order chi connectivity index (χ1) is 24.3. The average molecular weight is 683 g/mol. The summed E-state index contributed by atoms with van der Waals surface area (Å²) in [5.41, 5.74) is 4.56. The molecule has 6 rings (SSSR count). The number of carbonyl (C=O) groups excluding carboxylic acids is 3. The van der Waals surface area contributed by atoms with Crippen LogP contribution in [0.15, 0.2) is 96.8 Å². The third-order valence-corrected chi connectivity index (χ3v) is 9.24. The first kappa shape index (κ1) is 35.0. The number of aliphatic hydroxyl groups excluding tert-OH is 2. The van der Waals surface area contributed by atoms with Gasteiger partial charge in [0.05, 0.1) is 25.0 Å². The highest BCUT2D eigenvalue weighted by Gasteiger charge is 2.55. The number of fused-ring (bicyclic) bond motifs is 2. The van der Waals surface area contributed by atoms with E-state index >= 15 is 0 Å². The van der Waals surface area contributed by atoms with Gasteiger partial charge in [0.2, 0.25) is 11.8 Å². The summed E-state index contributed by atoms with van der Waals surface area (Å²) in [6.07, 6.45) is 4.12. The molecule has 0 saturated carbocycles. The van der Waals surface area contributed by atoms with E-state index in [1.807, 2.05) is 54.6 Å². The van der Waals surface area contributed by atoms with E-state index in [1.54, 1.807) is 43.5 Å². The second-order valence-corrected chi connectivity index (χ2v) is 12.7. The van der Waals surface area contributed by atoms with Crippen molar-refractivity contribution >= 4 is 23.9 Å². The van der Waals surface area contributed by atoms with Gasteiger partial charge in [-0.15, -0.1) is 0 Å². The minimum Gasteiger partial charge on any atom is -0.499 e. The van der Waals surface area contributed by atoms with E-state index in [2.05, 4.69) is 5.32 Å². The molecule has 2 amide bonds. The Morgan fingerprint density at radius 3 is 2.34 bits per heavy atom. The Balaban J connectivity index is 1.24. The minimum atomic E-state index is -0.962. The van der Waals surface area contributed by atoms with Crippen molar-refractivity contribution in [2.75, 3.05) is 33.4 Å². The number of aliphatic hydroxyl groups is 2. The fraction of sp³-hybridized carbons (Fsp3) is 0.359. The highest BCUT2D eigenvalue weighted by Crippen LogP contribution is 2.45. The summed E-state index contributed by atoms with van der Waals surface area (Å²) >= 11 is 0. The van der Waals surface area contributed by atoms with Gasteiger partial charge in [-0.05, 0) is 46.5 Å². The standard InChI is InChI=1S/C39H42N2O9/c1-41(32(36(44)40-16-17-42)21-27-7-3-2-4-8-27)37(45)31-22-33(48-38(46)28-13-11-26(12-14-28)15-19-47-20-18-43)35-34(23-31)49-39(50-35)24-29-9-5-6-10-30(29)25-39/h2-15,19,23,32-35,42-43H,16-18,20-22,24-25H2,1H3,(H,40,44). The minimum absolute atomic E-state index is 0.0566. The van der Waals surface area contributed by atoms with Crippen LogP contribution in [0.5, 0.6) is 0 Å². The molecule has 4 atom stereocenters. The zero-order valence-corrected chi connectivity index (χ0v) is 27.9. The van der Waals surface area contributed by atoms with Crippen LogP contribution in [0.3, 0.4) is 0 Å². The van der Waals surface area contributed by atoms with Crippen molar-refractivity contribution in [3.63, 3.8) is 0 Å². The molecule has 1 saturated heterocycles. The number of amides is 2. The van der Waals surface area contributed by atoms with E-state index < -0.39 is 47.9 Å². The number of carbonyl (C=O) groups is 3. The monoisotopic (exact) mass is 682 g/mol. The van der Waals surface area contributed by atoms with Crippen molar-refractivity contribution in [1.82, 2.24) is 10.2 Å². The number of hydrogen-bond acceptors (Lipinski definition) is 9. The molecule has 3 aliphatic rings. The van der Waals surface area contributed by atoms with E-state index in [0.29, 0.717) is 24.0 Å². The second-order valence-electron chi connectivity index (χ2n) is 12.7. The maximum atomic E-state index is 14.2. The zero-order valence-electron chi connectivity index (χ0n) is 27.9. The summed E-state index contributed by atoms with van der Waals surface area (Å²) in [7, 11) is 1.58. The molecule has 1 aliphatic heterocycles. The predicted molar refractivity (Wildman–Crippen MR) is 184 cm³/mol. The van der Waals surface area contributed by atoms with E-state index in [1.165, 1.54) is 11.2 Å². The molecule has 3 aromatic rings. The van der Waals surface area contributed by atoms with Gasteiger partial charge in [-0.25, -0.2) is 4.79 Å². The molecule has 0 radical (unpaired) electrons. The normalized spacial score (nSPS) is 20.9. The van der Waals surface area contributed by atoms with Crippen LogP contribution in [-0.4, -0.2) is 96.5 Å². The van der Waals surface area contributed by atoms with Gasteiger partial charge >= 0.3 is 5.97 Å². The van der Waals surface area contributed by atoms with Crippen LogP contribution >= 0.6 is 0 Å². The van der Waals surface area contributed by atoms with Gasteiger partial charge < -0.3 is 39.4 Å². The topological polar surface area (TPSA) is 144 Å². The van der Waals surface area contributed by atoms with Crippen molar-refractivity contribution in [3.05, 3.63) is 125 Å². The molecule has 3 N–H and O–H groups in total. The number of nitrogens with one attached hydrogen (secondary N) is 1. The van der Waals surface area contributed by atoms with Crippen molar-refractivity contribution in [2.45, 2.75) is 55.8 Å². The number of ether oxygens (including phenoxy) is 4. The lowest BCUT2D eigenvalue weighted by atomic mass is 9.90. The van der Waals surface area contributed by atoms with Crippen LogP contribution in [0, 0.1) is 0 Å². The zero-order chi connectivity index (χ0) is 35.1. The van der Waals surface area contributed by atoms with E-state index in [-0.39, 0.29) is 39.2 Å². The van der Waals surface area contributed by atoms with Crippen LogP contribution in [-0.2, 0) is 47.8 Å². The largest absolute Gasteiger partial charge is 0.499 e. The molecule has 1 spiro atoms. The molecule has 3 aromatic carbocycles. The smallest absolute Gasteiger partial charge is 0.338 e. The lowest BCUT2D eigenvalue weighted by Crippen LogP contribution is -2.51. The number of likely N-dealkylation sites (N-methyl/N-ethyl adjacent to an activating group) is 1. The van der Waals surface area contributed by atoms with Gasteiger partial charge in [-0.3, -0.25) is 9.59 Å². The van der Waals surface area contributed by atoms with E-state index in [9.17, 15) is 19.5 Å². The Morgan fingerprint density at radius 2 is 1.66 bits per heavy atom. The van der Waals surface area contributed by atoms with Crippen molar-refractivity contribution < 1.29 is 43.5 Å². The van der Waals surface area contributed by atoms with Crippen LogP contribution in [0.1, 0.15) is 39.0 Å². The van der Waals surface area contributed by atoms with Gasteiger partial charge in [0.25, 0.3) is 0 Å². The van der Waals surface area contributed by atoms with Gasteiger partial charge in [-0.2, -0.15) is 0 Å². The van der Waals surface area contributed by atoms with Gasteiger partial charge in [0.15, 0.2) is 5.79 Å².